The van der Waals surface area contributed by atoms with E-state index in [0.717, 1.165) is 18.5 Å². The largest absolute Gasteiger partial charge is 0.382 e. The van der Waals surface area contributed by atoms with Gasteiger partial charge in [0.1, 0.15) is 5.60 Å². The number of nitrogens with zero attached hydrogens (tertiary/aromatic N) is 3. The first-order valence-electron chi connectivity index (χ1n) is 10.7. The van der Waals surface area contributed by atoms with Crippen LogP contribution in [0.15, 0.2) is 90.0 Å². The molecule has 1 atom stereocenters. The maximum atomic E-state index is 13.7. The zero-order valence-electron chi connectivity index (χ0n) is 17.6. The van der Waals surface area contributed by atoms with E-state index in [1.54, 1.807) is 48.7 Å². The number of pyridine rings is 1. The van der Waals surface area contributed by atoms with Crippen LogP contribution >= 0.6 is 0 Å². The molecule has 1 fully saturated rings. The minimum absolute atomic E-state index is 0.171. The van der Waals surface area contributed by atoms with Crippen LogP contribution in [-0.4, -0.2) is 40.5 Å². The summed E-state index contributed by atoms with van der Waals surface area (Å²) in [6.07, 6.45) is 2.83. The molecular formula is C25H25N3O3S. The SMILES string of the molecule is O=S(=O)(c1ccccc1)n1c([C@]2(O)CCCN(Cc3ccccc3)C2)cc2cccnc21. The Morgan fingerprint density at radius 1 is 0.969 bits per heavy atom. The molecule has 1 aliphatic rings. The first-order valence-corrected chi connectivity index (χ1v) is 12.2. The van der Waals surface area contributed by atoms with E-state index in [0.29, 0.717) is 36.2 Å². The van der Waals surface area contributed by atoms with Crippen molar-refractivity contribution < 1.29 is 13.5 Å². The van der Waals surface area contributed by atoms with Crippen molar-refractivity contribution in [1.82, 2.24) is 13.9 Å². The van der Waals surface area contributed by atoms with Gasteiger partial charge >= 0.3 is 0 Å². The van der Waals surface area contributed by atoms with E-state index >= 15 is 0 Å². The van der Waals surface area contributed by atoms with Gasteiger partial charge in [-0.2, -0.15) is 0 Å². The van der Waals surface area contributed by atoms with Gasteiger partial charge < -0.3 is 5.11 Å². The normalized spacial score (nSPS) is 19.9. The number of hydrogen-bond acceptors (Lipinski definition) is 5. The Bertz CT molecular complexity index is 1340. The highest BCUT2D eigenvalue weighted by Crippen LogP contribution is 2.37. The van der Waals surface area contributed by atoms with Crippen LogP contribution in [0, 0.1) is 0 Å². The van der Waals surface area contributed by atoms with Crippen molar-refractivity contribution in [2.75, 3.05) is 13.1 Å². The molecule has 3 heterocycles. The molecule has 0 amide bonds. The average molecular weight is 448 g/mol. The van der Waals surface area contributed by atoms with Crippen LogP contribution in [0.5, 0.6) is 0 Å². The summed E-state index contributed by atoms with van der Waals surface area (Å²) in [5, 5.41) is 12.5. The number of aliphatic hydroxyl groups is 1. The molecule has 5 rings (SSSR count). The molecule has 0 aliphatic carbocycles. The van der Waals surface area contributed by atoms with E-state index in [-0.39, 0.29) is 4.90 Å². The first kappa shape index (κ1) is 20.9. The predicted molar refractivity (Wildman–Crippen MR) is 124 cm³/mol. The molecule has 0 spiro atoms. The van der Waals surface area contributed by atoms with Gasteiger partial charge in [-0.25, -0.2) is 17.4 Å². The van der Waals surface area contributed by atoms with Crippen molar-refractivity contribution in [2.45, 2.75) is 29.9 Å². The number of β-amino-alcohol motifs (C(OH)–C–C–N with tert-alkyl or cyclic N) is 1. The van der Waals surface area contributed by atoms with Crippen LogP contribution in [0.25, 0.3) is 11.0 Å². The molecule has 1 saturated heterocycles. The van der Waals surface area contributed by atoms with Gasteiger partial charge in [0.05, 0.1) is 10.6 Å². The second-order valence-electron chi connectivity index (χ2n) is 8.36. The summed E-state index contributed by atoms with van der Waals surface area (Å²) in [6, 6.07) is 23.8. The Morgan fingerprint density at radius 3 is 2.44 bits per heavy atom. The lowest BCUT2D eigenvalue weighted by Crippen LogP contribution is -2.47. The molecule has 2 aromatic carbocycles. The second-order valence-corrected chi connectivity index (χ2v) is 10.1. The molecular weight excluding hydrogens is 422 g/mol. The molecule has 32 heavy (non-hydrogen) atoms. The summed E-state index contributed by atoms with van der Waals surface area (Å²) in [5.41, 5.74) is 0.555. The maximum absolute atomic E-state index is 13.7. The van der Waals surface area contributed by atoms with Gasteiger partial charge in [0, 0.05) is 24.7 Å². The van der Waals surface area contributed by atoms with Crippen LogP contribution in [0.2, 0.25) is 0 Å². The Kier molecular flexibility index (Phi) is 5.33. The van der Waals surface area contributed by atoms with Crippen molar-refractivity contribution >= 4 is 21.1 Å². The highest BCUT2D eigenvalue weighted by molar-refractivity contribution is 7.90. The number of hydrogen-bond donors (Lipinski definition) is 1. The zero-order valence-corrected chi connectivity index (χ0v) is 18.4. The number of rotatable bonds is 5. The topological polar surface area (TPSA) is 75.4 Å². The summed E-state index contributed by atoms with van der Waals surface area (Å²) in [5.74, 6) is 0. The van der Waals surface area contributed by atoms with E-state index < -0.39 is 15.6 Å². The number of fused-ring (bicyclic) bond motifs is 1. The molecule has 164 valence electrons. The third-order valence-electron chi connectivity index (χ3n) is 6.08. The highest BCUT2D eigenvalue weighted by Gasteiger charge is 2.40. The van der Waals surface area contributed by atoms with E-state index in [1.165, 1.54) is 3.97 Å². The molecule has 6 nitrogen and oxygen atoms in total. The van der Waals surface area contributed by atoms with Crippen LogP contribution in [0.4, 0.5) is 0 Å². The third-order valence-corrected chi connectivity index (χ3v) is 7.80. The van der Waals surface area contributed by atoms with Gasteiger partial charge in [0.25, 0.3) is 10.0 Å². The lowest BCUT2D eigenvalue weighted by molar-refractivity contribution is -0.0416. The summed E-state index contributed by atoms with van der Waals surface area (Å²) < 4.78 is 28.6. The van der Waals surface area contributed by atoms with Gasteiger partial charge in [-0.3, -0.25) is 4.90 Å². The lowest BCUT2D eigenvalue weighted by atomic mass is 9.89. The van der Waals surface area contributed by atoms with E-state index in [1.807, 2.05) is 24.3 Å². The van der Waals surface area contributed by atoms with Crippen LogP contribution in [0.3, 0.4) is 0 Å². The standard InChI is InChI=1S/C25H25N3O3S/c29-25(14-8-16-27(19-25)18-20-9-3-1-4-10-20)23-17-21-11-7-15-26-24(21)28(23)32(30,31)22-12-5-2-6-13-22/h1-7,9-13,15,17,29H,8,14,16,18-19H2/t25-/m0/s1. The fourth-order valence-electron chi connectivity index (χ4n) is 4.59. The van der Waals surface area contributed by atoms with E-state index in [2.05, 4.69) is 22.0 Å². The Hall–Kier alpha value is -3.00. The third kappa shape index (κ3) is 3.72. The second kappa shape index (κ2) is 8.16. The predicted octanol–water partition coefficient (Wildman–Crippen LogP) is 3.76. The van der Waals surface area contributed by atoms with E-state index in [9.17, 15) is 13.5 Å². The summed E-state index contributed by atoms with van der Waals surface area (Å²) in [6.45, 7) is 1.90. The van der Waals surface area contributed by atoms with Crippen molar-refractivity contribution in [3.63, 3.8) is 0 Å². The fraction of sp³-hybridized carbons (Fsp3) is 0.240. The molecule has 0 saturated carbocycles. The Balaban J connectivity index is 1.60. The minimum Gasteiger partial charge on any atom is -0.382 e. The number of benzene rings is 2. The Morgan fingerprint density at radius 2 is 1.69 bits per heavy atom. The van der Waals surface area contributed by atoms with Crippen LogP contribution < -0.4 is 0 Å². The van der Waals surface area contributed by atoms with Crippen molar-refractivity contribution in [2.24, 2.45) is 0 Å². The summed E-state index contributed by atoms with van der Waals surface area (Å²) in [4.78, 5) is 6.72. The fourth-order valence-corrected chi connectivity index (χ4v) is 6.16. The highest BCUT2D eigenvalue weighted by atomic mass is 32.2. The molecule has 0 bridgehead atoms. The molecule has 1 aliphatic heterocycles. The van der Waals surface area contributed by atoms with Gasteiger partial charge in [0.2, 0.25) is 0 Å². The monoisotopic (exact) mass is 447 g/mol. The number of likely N-dealkylation sites (tertiary alicyclic amines) is 1. The zero-order chi connectivity index (χ0) is 22.2. The summed E-state index contributed by atoms with van der Waals surface area (Å²) in [7, 11) is -3.94. The lowest BCUT2D eigenvalue weighted by Gasteiger charge is -2.39. The van der Waals surface area contributed by atoms with Crippen molar-refractivity contribution in [3.05, 3.63) is 96.3 Å². The first-order chi connectivity index (χ1) is 15.5. The van der Waals surface area contributed by atoms with Crippen molar-refractivity contribution in [1.29, 1.82) is 0 Å². The molecule has 4 aromatic rings. The quantitative estimate of drug-likeness (QED) is 0.504. The van der Waals surface area contributed by atoms with Gasteiger partial charge in [0.15, 0.2) is 5.65 Å². The Labute approximate surface area is 187 Å². The molecule has 0 unspecified atom stereocenters. The summed E-state index contributed by atoms with van der Waals surface area (Å²) >= 11 is 0. The van der Waals surface area contributed by atoms with Crippen LogP contribution in [-0.2, 0) is 22.2 Å². The number of piperidine rings is 1. The van der Waals surface area contributed by atoms with Gasteiger partial charge in [-0.1, -0.05) is 48.5 Å². The van der Waals surface area contributed by atoms with Crippen LogP contribution in [0.1, 0.15) is 24.1 Å². The van der Waals surface area contributed by atoms with E-state index in [4.69, 9.17) is 0 Å². The molecule has 2 aromatic heterocycles. The van der Waals surface area contributed by atoms with Crippen molar-refractivity contribution in [3.8, 4) is 0 Å². The number of aromatic nitrogens is 2. The maximum Gasteiger partial charge on any atom is 0.269 e. The van der Waals surface area contributed by atoms with Gasteiger partial charge in [-0.05, 0) is 55.3 Å². The molecule has 0 radical (unpaired) electrons. The minimum atomic E-state index is -3.94. The molecule has 7 heteroatoms. The molecule has 1 N–H and O–H groups in total. The van der Waals surface area contributed by atoms with Gasteiger partial charge in [-0.15, -0.1) is 0 Å². The smallest absolute Gasteiger partial charge is 0.269 e. The average Bonchev–Trinajstić information content (AvgIpc) is 3.22.